The summed E-state index contributed by atoms with van der Waals surface area (Å²) in [5.74, 6) is -1.18. The van der Waals surface area contributed by atoms with Crippen LogP contribution in [0.4, 0.5) is 5.69 Å². The molecule has 0 unspecified atom stereocenters. The number of carboxylic acid groups (broad SMARTS) is 1. The van der Waals surface area contributed by atoms with Crippen molar-refractivity contribution in [1.82, 2.24) is 19.7 Å². The zero-order chi connectivity index (χ0) is 21.1. The molecule has 4 rings (SSSR count). The molecule has 1 amide bonds. The minimum atomic E-state index is -1.02. The summed E-state index contributed by atoms with van der Waals surface area (Å²) in [7, 11) is 0. The Morgan fingerprint density at radius 1 is 1.13 bits per heavy atom. The second-order valence-corrected chi connectivity index (χ2v) is 7.34. The van der Waals surface area contributed by atoms with Crippen LogP contribution in [0.3, 0.4) is 0 Å². The van der Waals surface area contributed by atoms with Gasteiger partial charge in [-0.05, 0) is 30.3 Å². The van der Waals surface area contributed by atoms with Gasteiger partial charge in [-0.15, -0.1) is 16.8 Å². The van der Waals surface area contributed by atoms with E-state index < -0.39 is 5.97 Å². The van der Waals surface area contributed by atoms with Crippen molar-refractivity contribution in [1.29, 1.82) is 0 Å². The fraction of sp³-hybridized carbons (Fsp3) is 0.0952. The van der Waals surface area contributed by atoms with E-state index in [0.29, 0.717) is 28.6 Å². The van der Waals surface area contributed by atoms with Crippen LogP contribution in [0.2, 0.25) is 0 Å². The number of hydrogen-bond donors (Lipinski definition) is 2. The molecule has 2 aromatic heterocycles. The zero-order valence-corrected chi connectivity index (χ0v) is 16.6. The molecule has 8 nitrogen and oxygen atoms in total. The summed E-state index contributed by atoms with van der Waals surface area (Å²) >= 11 is 1.18. The number of rotatable bonds is 7. The Labute approximate surface area is 175 Å². The quantitative estimate of drug-likeness (QED) is 0.348. The number of carbonyl (C=O) groups is 2. The lowest BCUT2D eigenvalue weighted by Crippen LogP contribution is -2.14. The van der Waals surface area contributed by atoms with Gasteiger partial charge in [0.15, 0.2) is 5.65 Å². The highest BCUT2D eigenvalue weighted by Gasteiger charge is 2.15. The second-order valence-electron chi connectivity index (χ2n) is 6.40. The van der Waals surface area contributed by atoms with Crippen LogP contribution in [-0.4, -0.2) is 42.5 Å². The molecule has 0 aliphatic carbocycles. The van der Waals surface area contributed by atoms with Crippen LogP contribution in [0, 0.1) is 0 Å². The van der Waals surface area contributed by atoms with Gasteiger partial charge in [-0.2, -0.15) is 0 Å². The van der Waals surface area contributed by atoms with E-state index in [0.717, 1.165) is 10.9 Å². The molecule has 0 saturated carbocycles. The first kappa shape index (κ1) is 19.6. The maximum atomic E-state index is 12.2. The van der Waals surface area contributed by atoms with Gasteiger partial charge in [-0.3, -0.25) is 4.79 Å². The Kier molecular flexibility index (Phi) is 5.44. The summed E-state index contributed by atoms with van der Waals surface area (Å²) in [5, 5.41) is 21.5. The highest BCUT2D eigenvalue weighted by molar-refractivity contribution is 7.99. The highest BCUT2D eigenvalue weighted by atomic mass is 32.2. The number of carbonyl (C=O) groups excluding carboxylic acids is 1. The molecule has 9 heteroatoms. The maximum Gasteiger partial charge on any atom is 0.335 e. The molecule has 0 aliphatic heterocycles. The van der Waals surface area contributed by atoms with Crippen molar-refractivity contribution in [3.8, 4) is 0 Å². The van der Waals surface area contributed by atoms with Gasteiger partial charge in [-0.1, -0.05) is 36.0 Å². The van der Waals surface area contributed by atoms with Crippen molar-refractivity contribution < 1.29 is 14.7 Å². The van der Waals surface area contributed by atoms with Gasteiger partial charge in [0.25, 0.3) is 0 Å². The van der Waals surface area contributed by atoms with E-state index in [-0.39, 0.29) is 17.2 Å². The van der Waals surface area contributed by atoms with Crippen LogP contribution in [0.15, 0.2) is 66.3 Å². The van der Waals surface area contributed by atoms with Crippen LogP contribution < -0.4 is 5.32 Å². The molecular formula is C21H17N5O3S. The van der Waals surface area contributed by atoms with Crippen molar-refractivity contribution in [3.05, 3.63) is 66.7 Å². The third-order valence-corrected chi connectivity index (χ3v) is 5.25. The van der Waals surface area contributed by atoms with E-state index in [1.54, 1.807) is 18.2 Å². The standard InChI is InChI=1S/C21H17N5O3S/c1-2-11-26-16-6-4-3-5-15(16)18-19(26)23-21(25-24-18)30-12-17(27)22-14-9-7-13(8-10-14)20(28)29/h2-10H,1,11-12H2,(H,22,27)(H,28,29). The number of hydrogen-bond acceptors (Lipinski definition) is 6. The van der Waals surface area contributed by atoms with E-state index in [4.69, 9.17) is 5.11 Å². The molecule has 0 fully saturated rings. The number of anilines is 1. The van der Waals surface area contributed by atoms with E-state index >= 15 is 0 Å². The first-order valence-corrected chi connectivity index (χ1v) is 10.0. The normalized spacial score (nSPS) is 10.9. The topological polar surface area (TPSA) is 110 Å². The summed E-state index contributed by atoms with van der Waals surface area (Å²) in [6, 6.07) is 13.8. The van der Waals surface area contributed by atoms with Gasteiger partial charge >= 0.3 is 5.97 Å². The van der Waals surface area contributed by atoms with Gasteiger partial charge < -0.3 is 15.0 Å². The number of aromatic nitrogens is 4. The van der Waals surface area contributed by atoms with Crippen molar-refractivity contribution >= 4 is 51.4 Å². The molecule has 2 heterocycles. The van der Waals surface area contributed by atoms with Crippen molar-refractivity contribution in [2.45, 2.75) is 11.7 Å². The number of thioether (sulfide) groups is 1. The number of nitrogens with zero attached hydrogens (tertiary/aromatic N) is 4. The Morgan fingerprint density at radius 3 is 2.63 bits per heavy atom. The van der Waals surface area contributed by atoms with E-state index in [1.165, 1.54) is 23.9 Å². The van der Waals surface area contributed by atoms with Gasteiger partial charge in [0.2, 0.25) is 11.1 Å². The first-order chi connectivity index (χ1) is 14.6. The van der Waals surface area contributed by atoms with Gasteiger partial charge in [0.1, 0.15) is 5.52 Å². The molecule has 0 bridgehead atoms. The molecule has 4 aromatic rings. The van der Waals surface area contributed by atoms with Gasteiger partial charge in [0.05, 0.1) is 16.8 Å². The maximum absolute atomic E-state index is 12.2. The molecule has 2 N–H and O–H groups in total. The molecule has 2 aromatic carbocycles. The number of aromatic carboxylic acids is 1. The van der Waals surface area contributed by atoms with Gasteiger partial charge in [0, 0.05) is 17.6 Å². The number of benzene rings is 2. The SMILES string of the molecule is C=CCn1c2ccccc2c2nnc(SCC(=O)Nc3ccc(C(=O)O)cc3)nc21. The fourth-order valence-electron chi connectivity index (χ4n) is 3.09. The monoisotopic (exact) mass is 419 g/mol. The Balaban J connectivity index is 1.50. The van der Waals surface area contributed by atoms with Crippen LogP contribution in [-0.2, 0) is 11.3 Å². The number of allylic oxidation sites excluding steroid dienone is 1. The van der Waals surface area contributed by atoms with Crippen LogP contribution in [0.25, 0.3) is 22.1 Å². The smallest absolute Gasteiger partial charge is 0.335 e. The molecule has 150 valence electrons. The minimum absolute atomic E-state index is 0.0928. The predicted octanol–water partition coefficient (Wildman–Crippen LogP) is 3.59. The number of para-hydroxylation sites is 1. The lowest BCUT2D eigenvalue weighted by atomic mass is 10.2. The van der Waals surface area contributed by atoms with Crippen molar-refractivity contribution in [2.24, 2.45) is 0 Å². The van der Waals surface area contributed by atoms with Crippen LogP contribution >= 0.6 is 11.8 Å². The molecule has 0 atom stereocenters. The highest BCUT2D eigenvalue weighted by Crippen LogP contribution is 2.27. The number of amides is 1. The predicted molar refractivity (Wildman–Crippen MR) is 116 cm³/mol. The van der Waals surface area contributed by atoms with Crippen molar-refractivity contribution in [3.63, 3.8) is 0 Å². The molecule has 0 spiro atoms. The molecule has 30 heavy (non-hydrogen) atoms. The number of fused-ring (bicyclic) bond motifs is 3. The molecule has 0 saturated heterocycles. The largest absolute Gasteiger partial charge is 0.478 e. The summed E-state index contributed by atoms with van der Waals surface area (Å²) in [6.45, 7) is 4.39. The first-order valence-electron chi connectivity index (χ1n) is 9.05. The third kappa shape index (κ3) is 3.87. The second kappa shape index (κ2) is 8.34. The number of carboxylic acids is 1. The van der Waals surface area contributed by atoms with Crippen LogP contribution in [0.5, 0.6) is 0 Å². The van der Waals surface area contributed by atoms with E-state index in [1.807, 2.05) is 28.8 Å². The fourth-order valence-corrected chi connectivity index (χ4v) is 3.67. The lowest BCUT2D eigenvalue weighted by molar-refractivity contribution is -0.113. The zero-order valence-electron chi connectivity index (χ0n) is 15.8. The minimum Gasteiger partial charge on any atom is -0.478 e. The average molecular weight is 419 g/mol. The summed E-state index contributed by atoms with van der Waals surface area (Å²) in [5.41, 5.74) is 3.08. The summed E-state index contributed by atoms with van der Waals surface area (Å²) in [6.07, 6.45) is 1.80. The summed E-state index contributed by atoms with van der Waals surface area (Å²) < 4.78 is 2.01. The molecule has 0 aliphatic rings. The average Bonchev–Trinajstić information content (AvgIpc) is 3.06. The lowest BCUT2D eigenvalue weighted by Gasteiger charge is -2.05. The Hall–Kier alpha value is -3.72. The Morgan fingerprint density at radius 2 is 1.90 bits per heavy atom. The van der Waals surface area contributed by atoms with Crippen LogP contribution in [0.1, 0.15) is 10.4 Å². The summed E-state index contributed by atoms with van der Waals surface area (Å²) in [4.78, 5) is 27.7. The van der Waals surface area contributed by atoms with E-state index in [2.05, 4.69) is 27.1 Å². The number of nitrogens with one attached hydrogen (secondary N) is 1. The molecule has 0 radical (unpaired) electrons. The Bertz CT molecular complexity index is 1270. The third-order valence-electron chi connectivity index (χ3n) is 4.41. The molecular weight excluding hydrogens is 402 g/mol. The van der Waals surface area contributed by atoms with E-state index in [9.17, 15) is 9.59 Å². The van der Waals surface area contributed by atoms with Crippen molar-refractivity contribution in [2.75, 3.05) is 11.1 Å². The van der Waals surface area contributed by atoms with Gasteiger partial charge in [-0.25, -0.2) is 9.78 Å².